The van der Waals surface area contributed by atoms with Crippen molar-refractivity contribution in [3.8, 4) is 5.75 Å². The van der Waals surface area contributed by atoms with Crippen molar-refractivity contribution in [1.82, 2.24) is 18.8 Å². The quantitative estimate of drug-likeness (QED) is 0.530. The minimum atomic E-state index is -3.53. The van der Waals surface area contributed by atoms with E-state index in [1.54, 1.807) is 25.3 Å². The second kappa shape index (κ2) is 9.15. The Hall–Kier alpha value is -2.91. The summed E-state index contributed by atoms with van der Waals surface area (Å²) in [7, 11) is 3.02. The van der Waals surface area contributed by atoms with E-state index in [0.29, 0.717) is 18.4 Å². The van der Waals surface area contributed by atoms with E-state index in [-0.39, 0.29) is 16.8 Å². The lowest BCUT2D eigenvalue weighted by molar-refractivity contribution is -0.132. The minimum Gasteiger partial charge on any atom is -0.497 e. The zero-order chi connectivity index (χ0) is 23.8. The van der Waals surface area contributed by atoms with Gasteiger partial charge >= 0.3 is 0 Å². The summed E-state index contributed by atoms with van der Waals surface area (Å²) in [6.45, 7) is 0.745. The Labute approximate surface area is 194 Å². The van der Waals surface area contributed by atoms with Gasteiger partial charge in [0, 0.05) is 40.5 Å². The molecule has 1 fully saturated rings. The molecule has 1 aliphatic heterocycles. The standard InChI is InChI=1S/C24H30N4O4S/c1-26(2)33(30,31)19-10-11-22-20(16-19)25-23(27(22)3)12-13-24(29)28-14-6-9-21(28)17-7-5-8-18(15-17)32-4/h5,7-8,10-11,15-16,21H,6,9,12-14H2,1-4H3. The lowest BCUT2D eigenvalue weighted by Crippen LogP contribution is -2.30. The molecule has 2 heterocycles. The van der Waals surface area contributed by atoms with Crippen molar-refractivity contribution in [2.75, 3.05) is 27.7 Å². The van der Waals surface area contributed by atoms with Crippen LogP contribution in [0.15, 0.2) is 47.4 Å². The van der Waals surface area contributed by atoms with E-state index in [4.69, 9.17) is 4.74 Å². The average molecular weight is 471 g/mol. The van der Waals surface area contributed by atoms with E-state index >= 15 is 0 Å². The largest absolute Gasteiger partial charge is 0.497 e. The summed E-state index contributed by atoms with van der Waals surface area (Å²) in [5, 5.41) is 0. The number of nitrogens with zero attached hydrogens (tertiary/aromatic N) is 4. The first-order valence-corrected chi connectivity index (χ1v) is 12.5. The molecule has 1 unspecified atom stereocenters. The van der Waals surface area contributed by atoms with Crippen LogP contribution in [-0.2, 0) is 28.3 Å². The van der Waals surface area contributed by atoms with Gasteiger partial charge < -0.3 is 14.2 Å². The molecular weight excluding hydrogens is 440 g/mol. The molecule has 2 aromatic carbocycles. The number of imidazole rings is 1. The molecule has 1 atom stereocenters. The number of carbonyl (C=O) groups is 1. The van der Waals surface area contributed by atoms with Crippen molar-refractivity contribution in [1.29, 1.82) is 0 Å². The molecule has 3 aromatic rings. The highest BCUT2D eigenvalue weighted by Gasteiger charge is 2.30. The van der Waals surface area contributed by atoms with Gasteiger partial charge in [-0.15, -0.1) is 0 Å². The zero-order valence-corrected chi connectivity index (χ0v) is 20.3. The predicted octanol–water partition coefficient (Wildman–Crippen LogP) is 3.13. The van der Waals surface area contributed by atoms with Crippen molar-refractivity contribution >= 4 is 27.0 Å². The zero-order valence-electron chi connectivity index (χ0n) is 19.5. The van der Waals surface area contributed by atoms with Crippen LogP contribution in [0, 0.1) is 0 Å². The number of sulfonamides is 1. The first-order chi connectivity index (χ1) is 15.7. The molecule has 0 radical (unpaired) electrons. The summed E-state index contributed by atoms with van der Waals surface area (Å²) < 4.78 is 33.4. The average Bonchev–Trinajstić information content (AvgIpc) is 3.42. The Morgan fingerprint density at radius 3 is 2.73 bits per heavy atom. The Morgan fingerprint density at radius 2 is 2.00 bits per heavy atom. The highest BCUT2D eigenvalue weighted by atomic mass is 32.2. The second-order valence-electron chi connectivity index (χ2n) is 8.55. The van der Waals surface area contributed by atoms with E-state index in [1.807, 2.05) is 40.8 Å². The summed E-state index contributed by atoms with van der Waals surface area (Å²) >= 11 is 0. The normalized spacial score (nSPS) is 16.6. The third-order valence-electron chi connectivity index (χ3n) is 6.34. The number of benzene rings is 2. The second-order valence-corrected chi connectivity index (χ2v) is 10.7. The van der Waals surface area contributed by atoms with Gasteiger partial charge in [0.1, 0.15) is 11.6 Å². The van der Waals surface area contributed by atoms with Crippen molar-refractivity contribution in [3.05, 3.63) is 53.9 Å². The predicted molar refractivity (Wildman–Crippen MR) is 127 cm³/mol. The van der Waals surface area contributed by atoms with Crippen molar-refractivity contribution in [2.24, 2.45) is 7.05 Å². The number of aryl methyl sites for hydroxylation is 2. The van der Waals surface area contributed by atoms with Gasteiger partial charge in [0.15, 0.2) is 0 Å². The third kappa shape index (κ3) is 4.47. The fourth-order valence-electron chi connectivity index (χ4n) is 4.45. The Bertz CT molecular complexity index is 1280. The van der Waals surface area contributed by atoms with Crippen molar-refractivity contribution in [3.63, 3.8) is 0 Å². The van der Waals surface area contributed by atoms with Gasteiger partial charge in [-0.25, -0.2) is 17.7 Å². The van der Waals surface area contributed by atoms with Crippen LogP contribution in [0.5, 0.6) is 5.75 Å². The molecule has 9 heteroatoms. The molecule has 33 heavy (non-hydrogen) atoms. The summed E-state index contributed by atoms with van der Waals surface area (Å²) in [4.78, 5) is 19.9. The van der Waals surface area contributed by atoms with Crippen molar-refractivity contribution < 1.29 is 17.9 Å². The van der Waals surface area contributed by atoms with Crippen LogP contribution in [0.25, 0.3) is 11.0 Å². The summed E-state index contributed by atoms with van der Waals surface area (Å²) in [5.74, 6) is 1.65. The monoisotopic (exact) mass is 470 g/mol. The van der Waals surface area contributed by atoms with Gasteiger partial charge in [-0.2, -0.15) is 0 Å². The molecular formula is C24H30N4O4S. The van der Waals surface area contributed by atoms with Crippen LogP contribution in [0.2, 0.25) is 0 Å². The molecule has 176 valence electrons. The van der Waals surface area contributed by atoms with Crippen molar-refractivity contribution in [2.45, 2.75) is 36.6 Å². The molecule has 1 amide bonds. The number of fused-ring (bicyclic) bond motifs is 1. The molecule has 8 nitrogen and oxygen atoms in total. The van der Waals surface area contributed by atoms with Crippen LogP contribution >= 0.6 is 0 Å². The first-order valence-electron chi connectivity index (χ1n) is 11.0. The molecule has 0 N–H and O–H groups in total. The van der Waals surface area contributed by atoms with E-state index < -0.39 is 10.0 Å². The number of ether oxygens (including phenoxy) is 1. The fourth-order valence-corrected chi connectivity index (χ4v) is 5.37. The van der Waals surface area contributed by atoms with Crippen LogP contribution in [0.1, 0.15) is 36.7 Å². The number of methoxy groups -OCH3 is 1. The number of rotatable bonds is 7. The summed E-state index contributed by atoms with van der Waals surface area (Å²) in [5.41, 5.74) is 2.54. The maximum absolute atomic E-state index is 13.1. The maximum atomic E-state index is 13.1. The topological polar surface area (TPSA) is 84.7 Å². The smallest absolute Gasteiger partial charge is 0.242 e. The summed E-state index contributed by atoms with van der Waals surface area (Å²) in [6.07, 6.45) is 2.75. The van der Waals surface area contributed by atoms with Gasteiger partial charge in [-0.1, -0.05) is 12.1 Å². The SMILES string of the molecule is COc1cccc(C2CCCN2C(=O)CCc2nc3cc(S(=O)(=O)N(C)C)ccc3n2C)c1. The van der Waals surface area contributed by atoms with E-state index in [0.717, 1.165) is 42.0 Å². The summed E-state index contributed by atoms with van der Waals surface area (Å²) in [6, 6.07) is 12.9. The molecule has 4 rings (SSSR count). The lowest BCUT2D eigenvalue weighted by Gasteiger charge is -2.25. The number of hydrogen-bond donors (Lipinski definition) is 0. The van der Waals surface area contributed by atoms with Gasteiger partial charge in [0.25, 0.3) is 0 Å². The molecule has 0 saturated carbocycles. The van der Waals surface area contributed by atoms with Crippen LogP contribution in [-0.4, -0.2) is 60.8 Å². The van der Waals surface area contributed by atoms with Crippen LogP contribution < -0.4 is 4.74 Å². The first kappa shape index (κ1) is 23.3. The number of likely N-dealkylation sites (tertiary alicyclic amines) is 1. The van der Waals surface area contributed by atoms with E-state index in [2.05, 4.69) is 4.98 Å². The highest BCUT2D eigenvalue weighted by molar-refractivity contribution is 7.89. The number of amides is 1. The molecule has 0 spiro atoms. The Kier molecular flexibility index (Phi) is 6.45. The van der Waals surface area contributed by atoms with Gasteiger partial charge in [0.2, 0.25) is 15.9 Å². The number of aromatic nitrogens is 2. The minimum absolute atomic E-state index is 0.0619. The Balaban J connectivity index is 1.50. The number of hydrogen-bond acceptors (Lipinski definition) is 5. The Morgan fingerprint density at radius 1 is 1.21 bits per heavy atom. The van der Waals surface area contributed by atoms with E-state index in [9.17, 15) is 13.2 Å². The van der Waals surface area contributed by atoms with Crippen LogP contribution in [0.4, 0.5) is 0 Å². The molecule has 1 aromatic heterocycles. The fraction of sp³-hybridized carbons (Fsp3) is 0.417. The molecule has 0 bridgehead atoms. The van der Waals surface area contributed by atoms with Gasteiger partial charge in [0.05, 0.1) is 29.1 Å². The maximum Gasteiger partial charge on any atom is 0.242 e. The van der Waals surface area contributed by atoms with E-state index in [1.165, 1.54) is 18.4 Å². The van der Waals surface area contributed by atoms with Crippen LogP contribution in [0.3, 0.4) is 0 Å². The number of carbonyl (C=O) groups excluding carboxylic acids is 1. The third-order valence-corrected chi connectivity index (χ3v) is 8.15. The molecule has 1 aliphatic rings. The lowest BCUT2D eigenvalue weighted by atomic mass is 10.0. The highest BCUT2D eigenvalue weighted by Crippen LogP contribution is 2.34. The molecule has 1 saturated heterocycles. The van der Waals surface area contributed by atoms with Gasteiger partial charge in [-0.3, -0.25) is 4.79 Å². The van der Waals surface area contributed by atoms with Gasteiger partial charge in [-0.05, 0) is 48.7 Å². The molecule has 0 aliphatic carbocycles.